The number of rotatable bonds is 7. The summed E-state index contributed by atoms with van der Waals surface area (Å²) in [6.07, 6.45) is 0. The van der Waals surface area contributed by atoms with E-state index in [2.05, 4.69) is 15.9 Å². The summed E-state index contributed by atoms with van der Waals surface area (Å²) in [5.41, 5.74) is 8.12. The standard InChI is InChI=1S/C23H21BrClNO4/c1-29-16-10-6-14(7-11-16)20(15-8-12-17(30-2)13-9-15)21-18(4-3-5-19(21)27)23(24,25)22(26)28/h3-13,20,27H,1-2H3,(H2,26,28). The lowest BCUT2D eigenvalue weighted by atomic mass is 9.81. The predicted octanol–water partition coefficient (Wildman–Crippen LogP) is 4.86. The minimum atomic E-state index is -1.68. The summed E-state index contributed by atoms with van der Waals surface area (Å²) in [5, 5.41) is 10.9. The summed E-state index contributed by atoms with van der Waals surface area (Å²) in [7, 11) is 3.19. The molecule has 0 fully saturated rings. The molecule has 5 nitrogen and oxygen atoms in total. The molecular weight excluding hydrogens is 470 g/mol. The van der Waals surface area contributed by atoms with Crippen molar-refractivity contribution < 1.29 is 19.4 Å². The zero-order chi connectivity index (χ0) is 21.9. The van der Waals surface area contributed by atoms with Gasteiger partial charge in [-0.15, -0.1) is 0 Å². The number of nitrogens with two attached hydrogens (primary N) is 1. The number of hydrogen-bond donors (Lipinski definition) is 2. The minimum absolute atomic E-state index is 0.00476. The zero-order valence-corrected chi connectivity index (χ0v) is 18.8. The van der Waals surface area contributed by atoms with Gasteiger partial charge in [-0.2, -0.15) is 0 Å². The second kappa shape index (κ2) is 8.98. The third-order valence-electron chi connectivity index (χ3n) is 4.92. The fourth-order valence-electron chi connectivity index (χ4n) is 3.38. The third kappa shape index (κ3) is 4.25. The van der Waals surface area contributed by atoms with Crippen molar-refractivity contribution >= 4 is 33.4 Å². The Hall–Kier alpha value is -2.70. The van der Waals surface area contributed by atoms with E-state index in [1.807, 2.05) is 48.5 Å². The van der Waals surface area contributed by atoms with Crippen LogP contribution in [-0.4, -0.2) is 25.2 Å². The highest BCUT2D eigenvalue weighted by molar-refractivity contribution is 9.10. The van der Waals surface area contributed by atoms with Crippen molar-refractivity contribution in [3.8, 4) is 17.2 Å². The number of benzene rings is 3. The Kier molecular flexibility index (Phi) is 6.58. The molecule has 0 spiro atoms. The molecule has 1 unspecified atom stereocenters. The van der Waals surface area contributed by atoms with E-state index >= 15 is 0 Å². The SMILES string of the molecule is COc1ccc(C(c2ccc(OC)cc2)c2c(O)cccc2C(Cl)(Br)C(N)=O)cc1. The van der Waals surface area contributed by atoms with E-state index in [-0.39, 0.29) is 5.75 Å². The summed E-state index contributed by atoms with van der Waals surface area (Å²) in [4.78, 5) is 12.1. The van der Waals surface area contributed by atoms with Gasteiger partial charge >= 0.3 is 0 Å². The molecule has 30 heavy (non-hydrogen) atoms. The van der Waals surface area contributed by atoms with Crippen molar-refractivity contribution in [1.82, 2.24) is 0 Å². The number of primary amides is 1. The summed E-state index contributed by atoms with van der Waals surface area (Å²) >= 11 is 9.72. The van der Waals surface area contributed by atoms with Gasteiger partial charge in [0, 0.05) is 17.0 Å². The van der Waals surface area contributed by atoms with E-state index in [9.17, 15) is 9.90 Å². The van der Waals surface area contributed by atoms with Gasteiger partial charge in [-0.3, -0.25) is 4.79 Å². The van der Waals surface area contributed by atoms with Crippen LogP contribution >= 0.6 is 27.5 Å². The van der Waals surface area contributed by atoms with Crippen LogP contribution in [0.3, 0.4) is 0 Å². The molecule has 0 aliphatic heterocycles. The molecule has 0 saturated heterocycles. The van der Waals surface area contributed by atoms with E-state index in [4.69, 9.17) is 26.8 Å². The van der Waals surface area contributed by atoms with Crippen LogP contribution in [0.25, 0.3) is 0 Å². The molecule has 3 rings (SSSR count). The average Bonchev–Trinajstić information content (AvgIpc) is 2.75. The molecule has 156 valence electrons. The van der Waals surface area contributed by atoms with Gasteiger partial charge in [-0.25, -0.2) is 0 Å². The highest BCUT2D eigenvalue weighted by atomic mass is 79.9. The number of ether oxygens (including phenoxy) is 2. The van der Waals surface area contributed by atoms with Crippen LogP contribution in [0.5, 0.6) is 17.2 Å². The molecule has 3 N–H and O–H groups in total. The molecule has 7 heteroatoms. The quantitative estimate of drug-likeness (QED) is 0.366. The van der Waals surface area contributed by atoms with Gasteiger partial charge in [-0.05, 0) is 41.5 Å². The van der Waals surface area contributed by atoms with Gasteiger partial charge in [0.15, 0.2) is 0 Å². The first kappa shape index (κ1) is 22.0. The smallest absolute Gasteiger partial charge is 0.254 e. The van der Waals surface area contributed by atoms with Crippen LogP contribution in [0.15, 0.2) is 66.7 Å². The number of hydrogen-bond acceptors (Lipinski definition) is 4. The lowest BCUT2D eigenvalue weighted by molar-refractivity contribution is -0.118. The molecule has 0 aromatic heterocycles. The predicted molar refractivity (Wildman–Crippen MR) is 121 cm³/mol. The number of carbonyl (C=O) groups is 1. The van der Waals surface area contributed by atoms with E-state index < -0.39 is 15.6 Å². The van der Waals surface area contributed by atoms with Gasteiger partial charge in [0.2, 0.25) is 3.78 Å². The molecular formula is C23H21BrClNO4. The molecule has 3 aromatic rings. The van der Waals surface area contributed by atoms with Gasteiger partial charge in [0.05, 0.1) is 14.2 Å². The highest BCUT2D eigenvalue weighted by Crippen LogP contribution is 2.47. The van der Waals surface area contributed by atoms with E-state index in [0.29, 0.717) is 22.6 Å². The number of phenols is 1. The van der Waals surface area contributed by atoms with Crippen molar-refractivity contribution in [1.29, 1.82) is 0 Å². The van der Waals surface area contributed by atoms with E-state index in [1.54, 1.807) is 32.4 Å². The molecule has 0 aliphatic carbocycles. The van der Waals surface area contributed by atoms with Gasteiger partial charge in [0.1, 0.15) is 17.2 Å². The molecule has 0 heterocycles. The van der Waals surface area contributed by atoms with Crippen LogP contribution in [0, 0.1) is 0 Å². The fourth-order valence-corrected chi connectivity index (χ4v) is 3.89. The Morgan fingerprint density at radius 2 is 1.43 bits per heavy atom. The maximum Gasteiger partial charge on any atom is 0.254 e. The maximum absolute atomic E-state index is 12.1. The fraction of sp³-hybridized carbons (Fsp3) is 0.174. The average molecular weight is 491 g/mol. The van der Waals surface area contributed by atoms with Crippen molar-refractivity contribution in [3.63, 3.8) is 0 Å². The normalized spacial score (nSPS) is 13.0. The Morgan fingerprint density at radius 1 is 0.967 bits per heavy atom. The zero-order valence-electron chi connectivity index (χ0n) is 16.4. The van der Waals surface area contributed by atoms with Crippen molar-refractivity contribution in [2.45, 2.75) is 9.70 Å². The third-order valence-corrected chi connectivity index (χ3v) is 6.13. The van der Waals surface area contributed by atoms with Crippen LogP contribution in [0.4, 0.5) is 0 Å². The molecule has 1 atom stereocenters. The molecule has 0 aliphatic rings. The summed E-state index contributed by atoms with van der Waals surface area (Å²) in [6, 6.07) is 19.8. The second-order valence-electron chi connectivity index (χ2n) is 6.66. The topological polar surface area (TPSA) is 81.8 Å². The summed E-state index contributed by atoms with van der Waals surface area (Å²) < 4.78 is 8.85. The number of halogens is 2. The number of aromatic hydroxyl groups is 1. The van der Waals surface area contributed by atoms with Crippen LogP contribution in [0.2, 0.25) is 0 Å². The van der Waals surface area contributed by atoms with E-state index in [0.717, 1.165) is 11.1 Å². The highest BCUT2D eigenvalue weighted by Gasteiger charge is 2.38. The first-order chi connectivity index (χ1) is 14.3. The number of carbonyl (C=O) groups excluding carboxylic acids is 1. The summed E-state index contributed by atoms with van der Waals surface area (Å²) in [6.45, 7) is 0. The van der Waals surface area contributed by atoms with Crippen molar-refractivity contribution in [2.75, 3.05) is 14.2 Å². The van der Waals surface area contributed by atoms with Crippen molar-refractivity contribution in [2.24, 2.45) is 5.73 Å². The monoisotopic (exact) mass is 489 g/mol. The van der Waals surface area contributed by atoms with Crippen molar-refractivity contribution in [3.05, 3.63) is 89.0 Å². The molecule has 0 bridgehead atoms. The lowest BCUT2D eigenvalue weighted by Crippen LogP contribution is -2.32. The Balaban J connectivity index is 2.28. The number of phenolic OH excluding ortho intramolecular Hbond substituents is 1. The number of amides is 1. The van der Waals surface area contributed by atoms with Crippen LogP contribution in [0.1, 0.15) is 28.2 Å². The first-order valence-corrected chi connectivity index (χ1v) is 10.2. The number of methoxy groups -OCH3 is 2. The Labute approximate surface area is 188 Å². The van der Waals surface area contributed by atoms with Gasteiger partial charge < -0.3 is 20.3 Å². The van der Waals surface area contributed by atoms with Gasteiger partial charge in [-0.1, -0.05) is 63.9 Å². The lowest BCUT2D eigenvalue weighted by Gasteiger charge is -2.27. The molecule has 0 saturated carbocycles. The Bertz CT molecular complexity index is 989. The van der Waals surface area contributed by atoms with E-state index in [1.165, 1.54) is 0 Å². The molecule has 0 radical (unpaired) electrons. The Morgan fingerprint density at radius 3 is 1.83 bits per heavy atom. The number of alkyl halides is 2. The van der Waals surface area contributed by atoms with Gasteiger partial charge in [0.25, 0.3) is 5.91 Å². The van der Waals surface area contributed by atoms with Crippen LogP contribution < -0.4 is 15.2 Å². The largest absolute Gasteiger partial charge is 0.508 e. The van der Waals surface area contributed by atoms with Crippen LogP contribution in [-0.2, 0) is 8.58 Å². The minimum Gasteiger partial charge on any atom is -0.508 e. The maximum atomic E-state index is 12.1. The second-order valence-corrected chi connectivity index (χ2v) is 8.87. The summed E-state index contributed by atoms with van der Waals surface area (Å²) in [5.74, 6) is 0.185. The molecule has 1 amide bonds. The molecule has 3 aromatic carbocycles. The first-order valence-electron chi connectivity index (χ1n) is 9.07.